The predicted molar refractivity (Wildman–Crippen MR) is 180 cm³/mol. The van der Waals surface area contributed by atoms with Gasteiger partial charge in [0.05, 0.1) is 38.7 Å². The van der Waals surface area contributed by atoms with Gasteiger partial charge >= 0.3 is 12.0 Å². The second-order valence-electron chi connectivity index (χ2n) is 10.7. The lowest BCUT2D eigenvalue weighted by Crippen LogP contribution is -2.45. The summed E-state index contributed by atoms with van der Waals surface area (Å²) < 4.78 is 28.4. The number of fused-ring (bicyclic) bond motifs is 1. The number of rotatable bonds is 14. The summed E-state index contributed by atoms with van der Waals surface area (Å²) in [5, 5.41) is 22.4. The van der Waals surface area contributed by atoms with Crippen LogP contribution >= 0.6 is 0 Å². The Balaban J connectivity index is 1.25. The maximum absolute atomic E-state index is 12.5. The van der Waals surface area contributed by atoms with Crippen molar-refractivity contribution in [2.75, 3.05) is 27.4 Å². The normalized spacial score (nSPS) is 15.0. The summed E-state index contributed by atoms with van der Waals surface area (Å²) >= 11 is 0. The van der Waals surface area contributed by atoms with Gasteiger partial charge in [-0.05, 0) is 60.0 Å². The van der Waals surface area contributed by atoms with Gasteiger partial charge in [-0.3, -0.25) is 5.43 Å². The van der Waals surface area contributed by atoms with Crippen LogP contribution in [-0.2, 0) is 16.1 Å². The van der Waals surface area contributed by atoms with Crippen molar-refractivity contribution in [2.45, 2.75) is 32.7 Å². The summed E-state index contributed by atoms with van der Waals surface area (Å²) in [6.07, 6.45) is 0.355. The van der Waals surface area contributed by atoms with Crippen LogP contribution in [0.25, 0.3) is 10.8 Å². The molecule has 1 aliphatic heterocycles. The second-order valence-corrected chi connectivity index (χ2v) is 10.7. The maximum Gasteiger partial charge on any atom is 0.337 e. The quantitative estimate of drug-likeness (QED) is 0.0642. The molecule has 0 aromatic heterocycles. The van der Waals surface area contributed by atoms with E-state index in [4.69, 9.17) is 23.7 Å². The summed E-state index contributed by atoms with van der Waals surface area (Å²) in [5.41, 5.74) is 5.58. The first-order valence-electron chi connectivity index (χ1n) is 15.3. The van der Waals surface area contributed by atoms with Gasteiger partial charge in [0.2, 0.25) is 0 Å². The highest BCUT2D eigenvalue weighted by Gasteiger charge is 2.32. The van der Waals surface area contributed by atoms with Crippen molar-refractivity contribution < 1.29 is 38.4 Å². The Bertz CT molecular complexity index is 1840. The first kappa shape index (κ1) is 33.6. The van der Waals surface area contributed by atoms with Crippen LogP contribution in [0.1, 0.15) is 36.6 Å². The number of benzene rings is 4. The SMILES string of the molecule is CCOc1cc([C@H]2NC(=O)NC(C)=C2C(=O)OC)ccc1OC[C@@H](O)N/N=C/c1cccc(OC)c1OCc1cccc2ccccc12. The van der Waals surface area contributed by atoms with E-state index in [9.17, 15) is 14.7 Å². The lowest BCUT2D eigenvalue weighted by atomic mass is 9.95. The zero-order chi connectivity index (χ0) is 34.0. The van der Waals surface area contributed by atoms with Gasteiger partial charge in [-0.1, -0.05) is 54.6 Å². The van der Waals surface area contributed by atoms with Crippen LogP contribution in [0.5, 0.6) is 23.0 Å². The zero-order valence-electron chi connectivity index (χ0n) is 27.1. The number of aliphatic hydroxyl groups is 1. The number of hydrogen-bond acceptors (Lipinski definition) is 10. The molecule has 0 aliphatic carbocycles. The van der Waals surface area contributed by atoms with Crippen LogP contribution in [0.3, 0.4) is 0 Å². The minimum atomic E-state index is -1.18. The molecule has 0 unspecified atom stereocenters. The molecule has 4 aromatic rings. The molecule has 1 heterocycles. The summed E-state index contributed by atoms with van der Waals surface area (Å²) in [7, 11) is 2.85. The molecule has 0 spiro atoms. The standard InChI is InChI=1S/C36H38N4O8/c1-5-46-30-18-24(33-32(35(42)45-4)22(2)38-36(43)39-33)16-17-28(30)47-21-31(41)40-37-19-25-12-9-15-29(44-3)34(25)48-20-26-13-8-11-23-10-6-7-14-27(23)26/h6-19,31,33,40-41H,5,20-21H2,1-4H3,(H2,38,39,43)/b37-19+/t31-,33-/m1/s1. The van der Waals surface area contributed by atoms with Crippen molar-refractivity contribution >= 4 is 29.0 Å². The maximum atomic E-state index is 12.5. The average Bonchev–Trinajstić information content (AvgIpc) is 3.09. The van der Waals surface area contributed by atoms with E-state index in [1.165, 1.54) is 13.3 Å². The third-order valence-corrected chi connectivity index (χ3v) is 7.58. The number of carbonyl (C=O) groups excluding carboxylic acids is 2. The summed E-state index contributed by atoms with van der Waals surface area (Å²) in [4.78, 5) is 24.7. The Morgan fingerprint density at radius 1 is 0.979 bits per heavy atom. The van der Waals surface area contributed by atoms with E-state index >= 15 is 0 Å². The van der Waals surface area contributed by atoms with E-state index in [2.05, 4.69) is 39.4 Å². The molecule has 0 saturated heterocycles. The fourth-order valence-electron chi connectivity index (χ4n) is 5.33. The number of hydrazone groups is 1. The van der Waals surface area contributed by atoms with Gasteiger partial charge in [0.25, 0.3) is 0 Å². The fourth-order valence-corrected chi connectivity index (χ4v) is 5.33. The number of carbonyl (C=O) groups is 2. The highest BCUT2D eigenvalue weighted by molar-refractivity contribution is 5.95. The van der Waals surface area contributed by atoms with E-state index in [0.717, 1.165) is 16.3 Å². The van der Waals surface area contributed by atoms with E-state index in [-0.39, 0.29) is 12.2 Å². The highest BCUT2D eigenvalue weighted by Crippen LogP contribution is 2.35. The molecule has 4 aromatic carbocycles. The molecule has 4 N–H and O–H groups in total. The van der Waals surface area contributed by atoms with Gasteiger partial charge in [0.1, 0.15) is 13.2 Å². The number of allylic oxidation sites excluding steroid dienone is 1. The van der Waals surface area contributed by atoms with Gasteiger partial charge in [-0.25, -0.2) is 9.59 Å². The Morgan fingerprint density at radius 2 is 1.77 bits per heavy atom. The Labute approximate surface area is 278 Å². The number of nitrogens with one attached hydrogen (secondary N) is 3. The number of esters is 1. The molecule has 1 aliphatic rings. The molecule has 12 nitrogen and oxygen atoms in total. The van der Waals surface area contributed by atoms with Crippen molar-refractivity contribution in [3.63, 3.8) is 0 Å². The summed E-state index contributed by atoms with van der Waals surface area (Å²) in [6, 6.07) is 23.5. The minimum Gasteiger partial charge on any atom is -0.493 e. The lowest BCUT2D eigenvalue weighted by Gasteiger charge is -2.28. The lowest BCUT2D eigenvalue weighted by molar-refractivity contribution is -0.136. The van der Waals surface area contributed by atoms with Crippen LogP contribution < -0.4 is 35.0 Å². The third-order valence-electron chi connectivity index (χ3n) is 7.58. The van der Waals surface area contributed by atoms with Gasteiger partial charge < -0.3 is 39.4 Å². The van der Waals surface area contributed by atoms with Crippen LogP contribution in [0.2, 0.25) is 0 Å². The van der Waals surface area contributed by atoms with Gasteiger partial charge in [0, 0.05) is 11.3 Å². The first-order chi connectivity index (χ1) is 23.3. The first-order valence-corrected chi connectivity index (χ1v) is 15.3. The number of nitrogens with zero attached hydrogens (tertiary/aromatic N) is 1. The Hall–Kier alpha value is -5.75. The molecule has 2 amide bonds. The molecule has 2 atom stereocenters. The Kier molecular flexibility index (Phi) is 11.0. The third kappa shape index (κ3) is 7.78. The predicted octanol–water partition coefficient (Wildman–Crippen LogP) is 4.95. The molecule has 0 saturated carbocycles. The van der Waals surface area contributed by atoms with Crippen molar-refractivity contribution in [3.05, 3.63) is 107 Å². The fraction of sp³-hybridized carbons (Fsp3) is 0.250. The van der Waals surface area contributed by atoms with E-state index in [0.29, 0.717) is 53.0 Å². The van der Waals surface area contributed by atoms with Crippen molar-refractivity contribution in [2.24, 2.45) is 5.10 Å². The molecule has 0 radical (unpaired) electrons. The molecule has 48 heavy (non-hydrogen) atoms. The molecule has 5 rings (SSSR count). The number of urea groups is 1. The van der Waals surface area contributed by atoms with Gasteiger partial charge in [-0.15, -0.1) is 0 Å². The van der Waals surface area contributed by atoms with Crippen LogP contribution in [0.15, 0.2) is 95.2 Å². The van der Waals surface area contributed by atoms with Crippen LogP contribution in [0.4, 0.5) is 4.79 Å². The molecule has 0 fully saturated rings. The second kappa shape index (κ2) is 15.7. The Morgan fingerprint density at radius 3 is 2.56 bits per heavy atom. The smallest absolute Gasteiger partial charge is 0.337 e. The number of ether oxygens (including phenoxy) is 5. The molecule has 12 heteroatoms. The van der Waals surface area contributed by atoms with Crippen molar-refractivity contribution in [3.8, 4) is 23.0 Å². The number of methoxy groups -OCH3 is 2. The highest BCUT2D eigenvalue weighted by atomic mass is 16.5. The van der Waals surface area contributed by atoms with Gasteiger partial charge in [-0.2, -0.15) is 5.10 Å². The summed E-state index contributed by atoms with van der Waals surface area (Å²) in [6.45, 7) is 3.92. The topological polar surface area (TPSA) is 149 Å². The average molecular weight is 655 g/mol. The number of aliphatic hydroxyl groups excluding tert-OH is 1. The number of amides is 2. The van der Waals surface area contributed by atoms with Crippen LogP contribution in [0, 0.1) is 0 Å². The number of hydrogen-bond donors (Lipinski definition) is 4. The largest absolute Gasteiger partial charge is 0.493 e. The molecular formula is C36H38N4O8. The molecule has 250 valence electrons. The zero-order valence-corrected chi connectivity index (χ0v) is 27.1. The minimum absolute atomic E-state index is 0.171. The number of para-hydroxylation sites is 1. The van der Waals surface area contributed by atoms with E-state index < -0.39 is 24.3 Å². The van der Waals surface area contributed by atoms with E-state index in [1.54, 1.807) is 38.3 Å². The molecule has 0 bridgehead atoms. The summed E-state index contributed by atoms with van der Waals surface area (Å²) in [5.74, 6) is 1.20. The van der Waals surface area contributed by atoms with Crippen LogP contribution in [-0.4, -0.2) is 57.0 Å². The monoisotopic (exact) mass is 654 g/mol. The molecular weight excluding hydrogens is 616 g/mol. The van der Waals surface area contributed by atoms with Gasteiger partial charge in [0.15, 0.2) is 29.2 Å². The van der Waals surface area contributed by atoms with Crippen molar-refractivity contribution in [1.82, 2.24) is 16.1 Å². The van der Waals surface area contributed by atoms with Crippen molar-refractivity contribution in [1.29, 1.82) is 0 Å². The van der Waals surface area contributed by atoms with E-state index in [1.807, 2.05) is 43.3 Å².